The maximum absolute atomic E-state index is 5.31. The molecule has 2 N–H and O–H groups in total. The van der Waals surface area contributed by atoms with Crippen molar-refractivity contribution in [1.29, 1.82) is 0 Å². The molecule has 28 heavy (non-hydrogen) atoms. The first-order chi connectivity index (χ1) is 13.8. The number of aromatic nitrogens is 3. The van der Waals surface area contributed by atoms with Crippen LogP contribution in [0, 0.1) is 0 Å². The second-order valence-electron chi connectivity index (χ2n) is 6.42. The molecule has 0 radical (unpaired) electrons. The van der Waals surface area contributed by atoms with Crippen LogP contribution in [0.3, 0.4) is 0 Å². The average molecular weight is 374 g/mol. The molecule has 2 heterocycles. The number of methoxy groups -OCH3 is 2. The fourth-order valence-corrected chi connectivity index (χ4v) is 3.36. The Kier molecular flexibility index (Phi) is 5.10. The Hall–Kier alpha value is -3.54. The third-order valence-corrected chi connectivity index (χ3v) is 4.82. The van der Waals surface area contributed by atoms with Gasteiger partial charge in [-0.25, -0.2) is 4.98 Å². The van der Waals surface area contributed by atoms with Crippen LogP contribution < -0.4 is 14.8 Å². The van der Waals surface area contributed by atoms with Crippen molar-refractivity contribution in [3.63, 3.8) is 0 Å². The molecule has 2 aromatic carbocycles. The molecule has 4 aromatic rings. The number of hydrogen-bond acceptors (Lipinski definition) is 5. The fraction of sp³-hybridized carbons (Fsp3) is 0.182. The summed E-state index contributed by atoms with van der Waals surface area (Å²) >= 11 is 0. The zero-order valence-corrected chi connectivity index (χ0v) is 15.8. The lowest BCUT2D eigenvalue weighted by Gasteiger charge is -2.18. The second kappa shape index (κ2) is 8.00. The molecule has 2 aromatic heterocycles. The van der Waals surface area contributed by atoms with Crippen LogP contribution in [0.15, 0.2) is 67.0 Å². The van der Waals surface area contributed by atoms with Crippen LogP contribution in [0.1, 0.15) is 17.0 Å². The standard InChI is InChI=1S/C22H22N4O2/c1-27-16-9-7-15(8-10-16)18(13-25-22-23-12-11-21(26-22)28-2)19-14-24-20-6-4-3-5-17(19)20/h3-12,14,18,24H,13H2,1-2H3,(H,23,25,26)/t18-/m1/s1. The minimum Gasteiger partial charge on any atom is -0.497 e. The molecule has 0 saturated heterocycles. The normalized spacial score (nSPS) is 11.9. The van der Waals surface area contributed by atoms with Crippen molar-refractivity contribution in [2.24, 2.45) is 0 Å². The summed E-state index contributed by atoms with van der Waals surface area (Å²) in [4.78, 5) is 12.0. The van der Waals surface area contributed by atoms with Gasteiger partial charge in [0.2, 0.25) is 11.8 Å². The monoisotopic (exact) mass is 374 g/mol. The van der Waals surface area contributed by atoms with Gasteiger partial charge in [0.15, 0.2) is 0 Å². The van der Waals surface area contributed by atoms with Crippen LogP contribution in [0.5, 0.6) is 11.6 Å². The Morgan fingerprint density at radius 2 is 1.82 bits per heavy atom. The summed E-state index contributed by atoms with van der Waals surface area (Å²) in [7, 11) is 3.27. The van der Waals surface area contributed by atoms with Gasteiger partial charge in [0.05, 0.1) is 14.2 Å². The quantitative estimate of drug-likeness (QED) is 0.507. The largest absolute Gasteiger partial charge is 0.497 e. The van der Waals surface area contributed by atoms with E-state index in [1.165, 1.54) is 16.5 Å². The van der Waals surface area contributed by atoms with Gasteiger partial charge in [-0.1, -0.05) is 30.3 Å². The summed E-state index contributed by atoms with van der Waals surface area (Å²) in [5.41, 5.74) is 3.52. The highest BCUT2D eigenvalue weighted by atomic mass is 16.5. The van der Waals surface area contributed by atoms with Gasteiger partial charge in [-0.15, -0.1) is 0 Å². The number of benzene rings is 2. The lowest BCUT2D eigenvalue weighted by molar-refractivity contribution is 0.397. The predicted molar refractivity (Wildman–Crippen MR) is 110 cm³/mol. The van der Waals surface area contributed by atoms with Gasteiger partial charge < -0.3 is 19.8 Å². The van der Waals surface area contributed by atoms with Crippen molar-refractivity contribution in [2.45, 2.75) is 5.92 Å². The highest BCUT2D eigenvalue weighted by molar-refractivity contribution is 5.84. The van der Waals surface area contributed by atoms with Crippen LogP contribution in [0.4, 0.5) is 5.95 Å². The summed E-state index contributed by atoms with van der Waals surface area (Å²) in [5, 5.41) is 4.56. The van der Waals surface area contributed by atoms with Crippen LogP contribution in [0.2, 0.25) is 0 Å². The van der Waals surface area contributed by atoms with E-state index in [0.717, 1.165) is 11.3 Å². The summed E-state index contributed by atoms with van der Waals surface area (Å²) in [6.07, 6.45) is 3.76. The van der Waals surface area contributed by atoms with E-state index in [9.17, 15) is 0 Å². The van der Waals surface area contributed by atoms with E-state index in [-0.39, 0.29) is 5.92 Å². The molecule has 1 atom stereocenters. The number of H-pyrrole nitrogens is 1. The molecule has 6 heteroatoms. The van der Waals surface area contributed by atoms with Crippen molar-refractivity contribution < 1.29 is 9.47 Å². The summed E-state index contributed by atoms with van der Waals surface area (Å²) in [6.45, 7) is 0.640. The molecule has 0 fully saturated rings. The molecular formula is C22H22N4O2. The zero-order chi connectivity index (χ0) is 19.3. The first kappa shape index (κ1) is 17.9. The van der Waals surface area contributed by atoms with E-state index < -0.39 is 0 Å². The molecular weight excluding hydrogens is 352 g/mol. The summed E-state index contributed by atoms with van der Waals surface area (Å²) in [6, 6.07) is 18.2. The van der Waals surface area contributed by atoms with Gasteiger partial charge in [0.1, 0.15) is 5.75 Å². The van der Waals surface area contributed by atoms with Gasteiger partial charge in [-0.2, -0.15) is 4.98 Å². The Morgan fingerprint density at radius 1 is 1.00 bits per heavy atom. The van der Waals surface area contributed by atoms with Crippen LogP contribution >= 0.6 is 0 Å². The maximum Gasteiger partial charge on any atom is 0.225 e. The Labute approximate surface area is 163 Å². The molecule has 0 aliphatic rings. The van der Waals surface area contributed by atoms with E-state index in [0.29, 0.717) is 18.4 Å². The number of para-hydroxylation sites is 1. The Morgan fingerprint density at radius 3 is 2.61 bits per heavy atom. The molecule has 0 spiro atoms. The SMILES string of the molecule is COc1ccc([C@@H](CNc2nccc(OC)n2)c2c[nH]c3ccccc23)cc1. The number of hydrogen-bond donors (Lipinski definition) is 2. The maximum atomic E-state index is 5.31. The van der Waals surface area contributed by atoms with Gasteiger partial charge in [0.25, 0.3) is 0 Å². The smallest absolute Gasteiger partial charge is 0.225 e. The minimum absolute atomic E-state index is 0.108. The lowest BCUT2D eigenvalue weighted by Crippen LogP contribution is -2.15. The van der Waals surface area contributed by atoms with Gasteiger partial charge in [-0.3, -0.25) is 0 Å². The first-order valence-electron chi connectivity index (χ1n) is 9.09. The van der Waals surface area contributed by atoms with Crippen molar-refractivity contribution >= 4 is 16.9 Å². The average Bonchev–Trinajstić information content (AvgIpc) is 3.18. The molecule has 0 aliphatic heterocycles. The number of ether oxygens (including phenoxy) is 2. The Balaban J connectivity index is 1.68. The van der Waals surface area contributed by atoms with E-state index in [2.05, 4.69) is 56.8 Å². The molecule has 0 aliphatic carbocycles. The van der Waals surface area contributed by atoms with Gasteiger partial charge in [0, 0.05) is 41.8 Å². The lowest BCUT2D eigenvalue weighted by atomic mass is 9.91. The number of fused-ring (bicyclic) bond motifs is 1. The van der Waals surface area contributed by atoms with Crippen molar-refractivity contribution in [2.75, 3.05) is 26.1 Å². The molecule has 0 amide bonds. The third-order valence-electron chi connectivity index (χ3n) is 4.82. The third kappa shape index (κ3) is 3.62. The van der Waals surface area contributed by atoms with Crippen molar-refractivity contribution in [3.05, 3.63) is 78.1 Å². The number of aromatic amines is 1. The van der Waals surface area contributed by atoms with Gasteiger partial charge >= 0.3 is 0 Å². The van der Waals surface area contributed by atoms with Crippen LogP contribution in [-0.4, -0.2) is 35.7 Å². The van der Waals surface area contributed by atoms with Gasteiger partial charge in [-0.05, 0) is 29.3 Å². The van der Waals surface area contributed by atoms with E-state index in [1.54, 1.807) is 26.5 Å². The van der Waals surface area contributed by atoms with E-state index in [4.69, 9.17) is 9.47 Å². The number of nitrogens with one attached hydrogen (secondary N) is 2. The van der Waals surface area contributed by atoms with Crippen LogP contribution in [0.25, 0.3) is 10.9 Å². The second-order valence-corrected chi connectivity index (χ2v) is 6.42. The number of anilines is 1. The number of nitrogens with zero attached hydrogens (tertiary/aromatic N) is 2. The zero-order valence-electron chi connectivity index (χ0n) is 15.8. The topological polar surface area (TPSA) is 72.1 Å². The predicted octanol–water partition coefficient (Wildman–Crippen LogP) is 4.22. The molecule has 142 valence electrons. The molecule has 6 nitrogen and oxygen atoms in total. The van der Waals surface area contributed by atoms with E-state index >= 15 is 0 Å². The van der Waals surface area contributed by atoms with Crippen molar-refractivity contribution in [3.8, 4) is 11.6 Å². The summed E-state index contributed by atoms with van der Waals surface area (Å²) < 4.78 is 10.5. The highest BCUT2D eigenvalue weighted by Gasteiger charge is 2.19. The molecule has 0 saturated carbocycles. The van der Waals surface area contributed by atoms with Crippen molar-refractivity contribution in [1.82, 2.24) is 15.0 Å². The van der Waals surface area contributed by atoms with E-state index in [1.807, 2.05) is 18.2 Å². The fourth-order valence-electron chi connectivity index (χ4n) is 3.36. The number of rotatable bonds is 7. The Bertz CT molecular complexity index is 1060. The molecule has 0 bridgehead atoms. The highest BCUT2D eigenvalue weighted by Crippen LogP contribution is 2.32. The first-order valence-corrected chi connectivity index (χ1v) is 9.09. The molecule has 0 unspecified atom stereocenters. The minimum atomic E-state index is 0.108. The molecule has 4 rings (SSSR count). The summed E-state index contributed by atoms with van der Waals surface area (Å²) in [5.74, 6) is 2.02. The van der Waals surface area contributed by atoms with Crippen LogP contribution in [-0.2, 0) is 0 Å².